The number of hydrogen-bond acceptors (Lipinski definition) is 2. The van der Waals surface area contributed by atoms with Crippen molar-refractivity contribution in [3.05, 3.63) is 94.6 Å². The standard InChI is InChI=1S/C24H20F4O2/c1-14-12-29-24(30-13-14)16-7-5-15(6-8-16)17-3-2-4-19(20(25)9-17)18-10-21(26)23(28)22(27)11-18/h2-3,5-11,14,24H,4,12-13H2,1H3. The summed E-state index contributed by atoms with van der Waals surface area (Å²) in [5.74, 6) is -4.54. The van der Waals surface area contributed by atoms with Crippen LogP contribution in [-0.2, 0) is 9.47 Å². The third kappa shape index (κ3) is 4.25. The number of ether oxygens (including phenoxy) is 2. The number of allylic oxidation sites excluding steroid dienone is 6. The first-order valence-corrected chi connectivity index (χ1v) is 9.67. The Balaban J connectivity index is 1.60. The first kappa shape index (κ1) is 20.6. The van der Waals surface area contributed by atoms with E-state index in [-0.39, 0.29) is 17.6 Å². The first-order valence-electron chi connectivity index (χ1n) is 9.67. The zero-order chi connectivity index (χ0) is 21.3. The van der Waals surface area contributed by atoms with Gasteiger partial charge in [-0.2, -0.15) is 0 Å². The van der Waals surface area contributed by atoms with Crippen LogP contribution in [0.15, 0.2) is 60.5 Å². The topological polar surface area (TPSA) is 18.5 Å². The zero-order valence-corrected chi connectivity index (χ0v) is 16.3. The van der Waals surface area contributed by atoms with Crippen molar-refractivity contribution in [2.24, 2.45) is 5.92 Å². The highest BCUT2D eigenvalue weighted by Crippen LogP contribution is 2.33. The Kier molecular flexibility index (Phi) is 5.88. The Morgan fingerprint density at radius 3 is 2.13 bits per heavy atom. The molecule has 2 nitrogen and oxygen atoms in total. The quantitative estimate of drug-likeness (QED) is 0.420. The van der Waals surface area contributed by atoms with Crippen molar-refractivity contribution in [2.75, 3.05) is 13.2 Å². The minimum atomic E-state index is -1.57. The molecule has 0 unspecified atom stereocenters. The lowest BCUT2D eigenvalue weighted by molar-refractivity contribution is -0.202. The molecule has 0 radical (unpaired) electrons. The van der Waals surface area contributed by atoms with Crippen molar-refractivity contribution < 1.29 is 27.0 Å². The summed E-state index contributed by atoms with van der Waals surface area (Å²) in [6.45, 7) is 3.31. The lowest BCUT2D eigenvalue weighted by Crippen LogP contribution is -2.24. The van der Waals surface area contributed by atoms with Crippen LogP contribution in [0.2, 0.25) is 0 Å². The van der Waals surface area contributed by atoms with Gasteiger partial charge < -0.3 is 9.47 Å². The molecule has 0 aromatic heterocycles. The summed E-state index contributed by atoms with van der Waals surface area (Å²) >= 11 is 0. The molecule has 2 aromatic rings. The fourth-order valence-electron chi connectivity index (χ4n) is 3.46. The number of hydrogen-bond donors (Lipinski definition) is 0. The molecule has 30 heavy (non-hydrogen) atoms. The maximum atomic E-state index is 14.9. The van der Waals surface area contributed by atoms with E-state index in [2.05, 4.69) is 6.92 Å². The normalized spacial score (nSPS) is 22.1. The number of halogens is 4. The second kappa shape index (κ2) is 8.58. The molecule has 0 atom stereocenters. The molecule has 1 heterocycles. The van der Waals surface area contributed by atoms with E-state index in [1.165, 1.54) is 6.08 Å². The molecule has 0 saturated carbocycles. The van der Waals surface area contributed by atoms with E-state index in [0.717, 1.165) is 23.3 Å². The van der Waals surface area contributed by atoms with Crippen molar-refractivity contribution in [3.8, 4) is 0 Å². The van der Waals surface area contributed by atoms with Gasteiger partial charge in [0.15, 0.2) is 23.7 Å². The fourth-order valence-corrected chi connectivity index (χ4v) is 3.46. The van der Waals surface area contributed by atoms with E-state index in [9.17, 15) is 17.6 Å². The van der Waals surface area contributed by atoms with Gasteiger partial charge in [-0.25, -0.2) is 17.6 Å². The van der Waals surface area contributed by atoms with Crippen molar-refractivity contribution in [3.63, 3.8) is 0 Å². The maximum absolute atomic E-state index is 14.9. The summed E-state index contributed by atoms with van der Waals surface area (Å²) < 4.78 is 66.6. The van der Waals surface area contributed by atoms with Crippen molar-refractivity contribution in [1.82, 2.24) is 0 Å². The van der Waals surface area contributed by atoms with Gasteiger partial charge in [0.25, 0.3) is 0 Å². The summed E-state index contributed by atoms with van der Waals surface area (Å²) in [6, 6.07) is 9.02. The van der Waals surface area contributed by atoms with E-state index in [4.69, 9.17) is 9.47 Å². The minimum absolute atomic E-state index is 0.0257. The molecule has 2 aromatic carbocycles. The predicted octanol–water partition coefficient (Wildman–Crippen LogP) is 6.51. The van der Waals surface area contributed by atoms with Crippen LogP contribution in [0.25, 0.3) is 11.1 Å². The summed E-state index contributed by atoms with van der Waals surface area (Å²) in [4.78, 5) is 0. The van der Waals surface area contributed by atoms with Crippen LogP contribution >= 0.6 is 0 Å². The van der Waals surface area contributed by atoms with Gasteiger partial charge in [-0.3, -0.25) is 0 Å². The first-order chi connectivity index (χ1) is 14.4. The van der Waals surface area contributed by atoms with E-state index in [1.807, 2.05) is 24.3 Å². The number of rotatable bonds is 3. The molecule has 1 fully saturated rings. The summed E-state index contributed by atoms with van der Waals surface area (Å²) in [6.07, 6.45) is 4.46. The second-order valence-electron chi connectivity index (χ2n) is 7.51. The zero-order valence-electron chi connectivity index (χ0n) is 16.3. The molecule has 4 rings (SSSR count). The maximum Gasteiger partial charge on any atom is 0.194 e. The summed E-state index contributed by atoms with van der Waals surface area (Å²) in [7, 11) is 0. The monoisotopic (exact) mass is 416 g/mol. The van der Waals surface area contributed by atoms with Gasteiger partial charge in [0.1, 0.15) is 5.83 Å². The van der Waals surface area contributed by atoms with Gasteiger partial charge in [-0.05, 0) is 46.9 Å². The van der Waals surface area contributed by atoms with Crippen LogP contribution in [0, 0.1) is 23.4 Å². The highest BCUT2D eigenvalue weighted by atomic mass is 19.2. The van der Waals surface area contributed by atoms with E-state index >= 15 is 0 Å². The Hall–Kier alpha value is -2.70. The largest absolute Gasteiger partial charge is 0.348 e. The highest BCUT2D eigenvalue weighted by Gasteiger charge is 2.21. The molecule has 156 valence electrons. The Morgan fingerprint density at radius 2 is 1.50 bits per heavy atom. The van der Waals surface area contributed by atoms with E-state index < -0.39 is 29.6 Å². The minimum Gasteiger partial charge on any atom is -0.348 e. The molecule has 1 aliphatic heterocycles. The van der Waals surface area contributed by atoms with Crippen LogP contribution in [-0.4, -0.2) is 13.2 Å². The average molecular weight is 416 g/mol. The highest BCUT2D eigenvalue weighted by molar-refractivity contribution is 5.82. The smallest absolute Gasteiger partial charge is 0.194 e. The molecule has 1 aliphatic carbocycles. The summed E-state index contributed by atoms with van der Waals surface area (Å²) in [5.41, 5.74) is 2.32. The molecule has 6 heteroatoms. The van der Waals surface area contributed by atoms with Crippen molar-refractivity contribution in [1.29, 1.82) is 0 Å². The predicted molar refractivity (Wildman–Crippen MR) is 106 cm³/mol. The Bertz CT molecular complexity index is 1010. The van der Waals surface area contributed by atoms with E-state index in [1.54, 1.807) is 12.2 Å². The Labute approximate surface area is 172 Å². The molecule has 0 bridgehead atoms. The van der Waals surface area contributed by atoms with Gasteiger partial charge in [-0.1, -0.05) is 43.3 Å². The molecular formula is C24H20F4O2. The van der Waals surface area contributed by atoms with Crippen LogP contribution in [0.1, 0.15) is 36.3 Å². The molecule has 0 amide bonds. The molecule has 0 N–H and O–H groups in total. The second-order valence-corrected chi connectivity index (χ2v) is 7.51. The van der Waals surface area contributed by atoms with Gasteiger partial charge >= 0.3 is 0 Å². The lowest BCUT2D eigenvalue weighted by Gasteiger charge is -2.27. The van der Waals surface area contributed by atoms with E-state index in [0.29, 0.717) is 24.7 Å². The Morgan fingerprint density at radius 1 is 0.867 bits per heavy atom. The average Bonchev–Trinajstić information content (AvgIpc) is 2.94. The van der Waals surface area contributed by atoms with Crippen LogP contribution in [0.5, 0.6) is 0 Å². The SMILES string of the molecule is CC1COC(c2ccc(C3=CC(F)=C(c4cc(F)c(F)c(F)c4)CC=C3)cc2)OC1. The van der Waals surface area contributed by atoms with Crippen molar-refractivity contribution in [2.45, 2.75) is 19.6 Å². The van der Waals surface area contributed by atoms with Gasteiger partial charge in [0.05, 0.1) is 13.2 Å². The third-order valence-electron chi connectivity index (χ3n) is 5.10. The van der Waals surface area contributed by atoms with Crippen LogP contribution in [0.3, 0.4) is 0 Å². The molecule has 0 spiro atoms. The van der Waals surface area contributed by atoms with Gasteiger partial charge in [0.2, 0.25) is 0 Å². The fraction of sp³-hybridized carbons (Fsp3) is 0.250. The summed E-state index contributed by atoms with van der Waals surface area (Å²) in [5, 5.41) is 0. The number of benzene rings is 2. The molecular weight excluding hydrogens is 396 g/mol. The van der Waals surface area contributed by atoms with Crippen molar-refractivity contribution >= 4 is 11.1 Å². The lowest BCUT2D eigenvalue weighted by atomic mass is 10.0. The van der Waals surface area contributed by atoms with Gasteiger partial charge in [0, 0.05) is 11.5 Å². The molecule has 1 saturated heterocycles. The third-order valence-corrected chi connectivity index (χ3v) is 5.10. The molecule has 2 aliphatic rings. The van der Waals surface area contributed by atoms with Gasteiger partial charge in [-0.15, -0.1) is 0 Å². The van der Waals surface area contributed by atoms with Crippen LogP contribution in [0.4, 0.5) is 17.6 Å². The van der Waals surface area contributed by atoms with Crippen LogP contribution < -0.4 is 0 Å².